The zero-order valence-corrected chi connectivity index (χ0v) is 17.3. The van der Waals surface area contributed by atoms with E-state index in [0.717, 1.165) is 22.4 Å². The van der Waals surface area contributed by atoms with Gasteiger partial charge in [-0.25, -0.2) is 8.42 Å². The van der Waals surface area contributed by atoms with Crippen LogP contribution in [0.25, 0.3) is 11.1 Å². The molecule has 2 aromatic carbocycles. The van der Waals surface area contributed by atoms with Crippen molar-refractivity contribution in [3.8, 4) is 16.9 Å². The third kappa shape index (κ3) is 4.98. The number of alkyl halides is 3. The number of aryl methyl sites for hydroxylation is 1. The molecule has 2 heterocycles. The third-order valence-electron chi connectivity index (χ3n) is 5.82. The summed E-state index contributed by atoms with van der Waals surface area (Å²) >= 11 is 0. The molecule has 1 fully saturated rings. The highest BCUT2D eigenvalue weighted by Crippen LogP contribution is 2.31. The van der Waals surface area contributed by atoms with Crippen molar-refractivity contribution >= 4 is 9.84 Å². The molecule has 162 valence electrons. The first-order valence-corrected chi connectivity index (χ1v) is 11.7. The van der Waals surface area contributed by atoms with Crippen LogP contribution < -0.4 is 4.74 Å². The van der Waals surface area contributed by atoms with Gasteiger partial charge in [0, 0.05) is 0 Å². The van der Waals surface area contributed by atoms with Crippen molar-refractivity contribution in [1.29, 1.82) is 0 Å². The lowest BCUT2D eigenvalue weighted by Crippen LogP contribution is -2.41. The average molecular weight is 439 g/mol. The minimum Gasteiger partial charge on any atom is -0.493 e. The molecule has 8 heteroatoms. The molecular formula is C22H24F3NO3S. The Morgan fingerprint density at radius 3 is 2.33 bits per heavy atom. The zero-order chi connectivity index (χ0) is 21.4. The number of halogens is 3. The fourth-order valence-electron chi connectivity index (χ4n) is 4.13. The number of piperidine rings is 1. The first-order valence-electron chi connectivity index (χ1n) is 10.1. The molecular weight excluding hydrogens is 415 g/mol. The first-order chi connectivity index (χ1) is 14.2. The van der Waals surface area contributed by atoms with E-state index in [-0.39, 0.29) is 11.7 Å². The second kappa shape index (κ2) is 8.23. The highest BCUT2D eigenvalue weighted by Gasteiger charge is 2.32. The quantitative estimate of drug-likeness (QED) is 0.696. The maximum atomic E-state index is 12.5. The number of hydrogen-bond donors (Lipinski definition) is 0. The molecule has 0 saturated carbocycles. The smallest absolute Gasteiger partial charge is 0.401 e. The van der Waals surface area contributed by atoms with Gasteiger partial charge in [-0.3, -0.25) is 4.90 Å². The Labute approximate surface area is 174 Å². The molecule has 2 aromatic rings. The second-order valence-electron chi connectivity index (χ2n) is 8.06. The van der Waals surface area contributed by atoms with Gasteiger partial charge in [-0.2, -0.15) is 13.2 Å². The van der Waals surface area contributed by atoms with Crippen LogP contribution in [-0.2, 0) is 16.3 Å². The van der Waals surface area contributed by atoms with Crippen molar-refractivity contribution in [3.63, 3.8) is 0 Å². The second-order valence-corrected chi connectivity index (χ2v) is 10.1. The van der Waals surface area contributed by atoms with Gasteiger partial charge in [0.1, 0.15) is 5.75 Å². The lowest BCUT2D eigenvalue weighted by Gasteiger charge is -2.32. The average Bonchev–Trinajstić information content (AvgIpc) is 3.01. The highest BCUT2D eigenvalue weighted by molar-refractivity contribution is 7.91. The van der Waals surface area contributed by atoms with Gasteiger partial charge in [-0.05, 0) is 79.2 Å². The molecule has 0 amide bonds. The summed E-state index contributed by atoms with van der Waals surface area (Å²) in [5.41, 5.74) is 2.81. The number of rotatable bonds is 5. The Kier molecular flexibility index (Phi) is 5.81. The Balaban J connectivity index is 1.31. The van der Waals surface area contributed by atoms with Gasteiger partial charge in [-0.1, -0.05) is 18.2 Å². The number of likely N-dealkylation sites (tertiary alicyclic amines) is 1. The first kappa shape index (κ1) is 21.2. The van der Waals surface area contributed by atoms with Crippen LogP contribution in [0.1, 0.15) is 18.4 Å². The van der Waals surface area contributed by atoms with Crippen molar-refractivity contribution in [2.75, 3.05) is 32.0 Å². The van der Waals surface area contributed by atoms with Crippen LogP contribution in [0.4, 0.5) is 13.2 Å². The third-order valence-corrected chi connectivity index (χ3v) is 7.63. The summed E-state index contributed by atoms with van der Waals surface area (Å²) in [6, 6.07) is 13.1. The molecule has 0 radical (unpaired) electrons. The minimum atomic E-state index is -4.14. The lowest BCUT2D eigenvalue weighted by molar-refractivity contribution is -0.148. The van der Waals surface area contributed by atoms with Crippen LogP contribution in [0.15, 0.2) is 47.4 Å². The predicted octanol–water partition coefficient (Wildman–Crippen LogP) is 4.34. The number of ether oxygens (including phenoxy) is 1. The van der Waals surface area contributed by atoms with E-state index >= 15 is 0 Å². The Hall–Kier alpha value is -2.06. The molecule has 4 rings (SSSR count). The molecule has 0 unspecified atom stereocenters. The summed E-state index contributed by atoms with van der Waals surface area (Å²) in [5, 5.41) is 0. The molecule has 30 heavy (non-hydrogen) atoms. The molecule has 0 N–H and O–H groups in total. The summed E-state index contributed by atoms with van der Waals surface area (Å²) in [6.45, 7) is 0.549. The normalized spacial score (nSPS) is 19.6. The van der Waals surface area contributed by atoms with Gasteiger partial charge in [0.2, 0.25) is 0 Å². The van der Waals surface area contributed by atoms with Crippen molar-refractivity contribution in [2.24, 2.45) is 5.92 Å². The van der Waals surface area contributed by atoms with E-state index in [1.165, 1.54) is 4.90 Å². The highest BCUT2D eigenvalue weighted by atomic mass is 32.2. The SMILES string of the molecule is O=S1(=O)CCc2cc(-c3ccc(OCC4CCN(CC(F)(F)F)CC4)cc3)ccc21. The lowest BCUT2D eigenvalue weighted by atomic mass is 9.98. The standard InChI is InChI=1S/C22H24F3NO3S/c23-22(24,25)15-26-10-7-16(8-11-26)14-29-20-4-1-17(2-5-20)18-3-6-21-19(13-18)9-12-30(21,27)28/h1-6,13,16H,7-12,14-15H2. The van der Waals surface area contributed by atoms with Crippen LogP contribution in [0.3, 0.4) is 0 Å². The fraction of sp³-hybridized carbons (Fsp3) is 0.455. The van der Waals surface area contributed by atoms with Crippen LogP contribution in [-0.4, -0.2) is 51.5 Å². The number of fused-ring (bicyclic) bond motifs is 1. The summed E-state index contributed by atoms with van der Waals surface area (Å²) in [7, 11) is -3.12. The van der Waals surface area contributed by atoms with Crippen molar-refractivity contribution < 1.29 is 26.3 Å². The maximum absolute atomic E-state index is 12.5. The van der Waals surface area contributed by atoms with Crippen LogP contribution >= 0.6 is 0 Å². The van der Waals surface area contributed by atoms with Crippen LogP contribution in [0.2, 0.25) is 0 Å². The summed E-state index contributed by atoms with van der Waals surface area (Å²) < 4.78 is 67.2. The van der Waals surface area contributed by atoms with E-state index < -0.39 is 22.6 Å². The monoisotopic (exact) mass is 439 g/mol. The summed E-state index contributed by atoms with van der Waals surface area (Å²) in [6.07, 6.45) is -2.19. The zero-order valence-electron chi connectivity index (χ0n) is 16.5. The summed E-state index contributed by atoms with van der Waals surface area (Å²) in [4.78, 5) is 1.89. The number of hydrogen-bond acceptors (Lipinski definition) is 4. The van der Waals surface area contributed by atoms with Gasteiger partial charge in [0.25, 0.3) is 0 Å². The van der Waals surface area contributed by atoms with Crippen LogP contribution in [0, 0.1) is 5.92 Å². The molecule has 2 aliphatic rings. The Bertz CT molecular complexity index is 995. The summed E-state index contributed by atoms with van der Waals surface area (Å²) in [5.74, 6) is 1.15. The van der Waals surface area contributed by atoms with Gasteiger partial charge in [0.15, 0.2) is 9.84 Å². The van der Waals surface area contributed by atoms with Gasteiger partial charge >= 0.3 is 6.18 Å². The number of benzene rings is 2. The Morgan fingerprint density at radius 2 is 1.67 bits per heavy atom. The van der Waals surface area contributed by atoms with E-state index in [4.69, 9.17) is 4.74 Å². The number of nitrogens with zero attached hydrogens (tertiary/aromatic N) is 1. The van der Waals surface area contributed by atoms with E-state index in [1.54, 1.807) is 6.07 Å². The largest absolute Gasteiger partial charge is 0.493 e. The van der Waals surface area contributed by atoms with Gasteiger partial charge < -0.3 is 4.74 Å². The molecule has 0 bridgehead atoms. The molecule has 0 atom stereocenters. The van der Waals surface area contributed by atoms with E-state index in [9.17, 15) is 21.6 Å². The molecule has 0 aliphatic carbocycles. The van der Waals surface area contributed by atoms with E-state index in [0.29, 0.717) is 43.9 Å². The maximum Gasteiger partial charge on any atom is 0.401 e. The van der Waals surface area contributed by atoms with Gasteiger partial charge in [0.05, 0.1) is 23.8 Å². The fourth-order valence-corrected chi connectivity index (χ4v) is 5.68. The van der Waals surface area contributed by atoms with Crippen LogP contribution in [0.5, 0.6) is 5.75 Å². The Morgan fingerprint density at radius 1 is 1.00 bits per heavy atom. The molecule has 1 saturated heterocycles. The van der Waals surface area contributed by atoms with Crippen molar-refractivity contribution in [1.82, 2.24) is 4.90 Å². The van der Waals surface area contributed by atoms with Gasteiger partial charge in [-0.15, -0.1) is 0 Å². The minimum absolute atomic E-state index is 0.174. The van der Waals surface area contributed by atoms with E-state index in [1.807, 2.05) is 36.4 Å². The molecule has 0 spiro atoms. The number of sulfone groups is 1. The predicted molar refractivity (Wildman–Crippen MR) is 108 cm³/mol. The topological polar surface area (TPSA) is 46.6 Å². The molecule has 4 nitrogen and oxygen atoms in total. The van der Waals surface area contributed by atoms with Crippen molar-refractivity contribution in [3.05, 3.63) is 48.0 Å². The molecule has 2 aliphatic heterocycles. The van der Waals surface area contributed by atoms with E-state index in [2.05, 4.69) is 0 Å². The van der Waals surface area contributed by atoms with Crippen molar-refractivity contribution in [2.45, 2.75) is 30.3 Å². The molecule has 0 aromatic heterocycles.